The van der Waals surface area contributed by atoms with Crippen molar-refractivity contribution in [2.75, 3.05) is 18.0 Å². The normalized spacial score (nSPS) is 21.9. The molecular formula is C17H26ClNO. The van der Waals surface area contributed by atoms with Gasteiger partial charge in [-0.15, -0.1) is 0 Å². The van der Waals surface area contributed by atoms with Crippen LogP contribution >= 0.6 is 11.6 Å². The molecule has 0 spiro atoms. The quantitative estimate of drug-likeness (QED) is 0.877. The van der Waals surface area contributed by atoms with Crippen LogP contribution in [-0.4, -0.2) is 18.2 Å². The van der Waals surface area contributed by atoms with Crippen molar-refractivity contribution in [2.24, 2.45) is 11.8 Å². The molecule has 1 fully saturated rings. The number of hydrogen-bond acceptors (Lipinski definition) is 2. The summed E-state index contributed by atoms with van der Waals surface area (Å²) in [5.74, 6) is 1.60. The lowest BCUT2D eigenvalue weighted by Crippen LogP contribution is -2.24. The monoisotopic (exact) mass is 295 g/mol. The smallest absolute Gasteiger partial charge is 0.0762 e. The Morgan fingerprint density at radius 1 is 1.20 bits per heavy atom. The molecule has 0 saturated carbocycles. The van der Waals surface area contributed by atoms with Crippen LogP contribution in [0, 0.1) is 11.8 Å². The van der Waals surface area contributed by atoms with Crippen LogP contribution in [0.1, 0.15) is 51.7 Å². The van der Waals surface area contributed by atoms with Gasteiger partial charge in [-0.05, 0) is 55.7 Å². The van der Waals surface area contributed by atoms with E-state index in [9.17, 15) is 5.11 Å². The number of benzene rings is 1. The summed E-state index contributed by atoms with van der Waals surface area (Å²) >= 11 is 6.41. The fourth-order valence-electron chi connectivity index (χ4n) is 3.07. The van der Waals surface area contributed by atoms with Crippen LogP contribution in [0.15, 0.2) is 18.2 Å². The maximum Gasteiger partial charge on any atom is 0.0762 e. The van der Waals surface area contributed by atoms with Crippen LogP contribution in [0.2, 0.25) is 5.02 Å². The second kappa shape index (κ2) is 6.82. The van der Waals surface area contributed by atoms with Crippen LogP contribution in [-0.2, 0) is 0 Å². The Bertz CT molecular complexity index is 445. The molecule has 0 amide bonds. The highest BCUT2D eigenvalue weighted by Crippen LogP contribution is 2.32. The molecule has 2 nitrogen and oxygen atoms in total. The molecule has 1 aromatic carbocycles. The molecule has 0 bridgehead atoms. The summed E-state index contributed by atoms with van der Waals surface area (Å²) in [7, 11) is 0. The van der Waals surface area contributed by atoms with E-state index in [-0.39, 0.29) is 0 Å². The zero-order valence-corrected chi connectivity index (χ0v) is 13.5. The third kappa shape index (κ3) is 3.67. The van der Waals surface area contributed by atoms with E-state index in [1.807, 2.05) is 12.1 Å². The molecule has 2 atom stereocenters. The van der Waals surface area contributed by atoms with E-state index in [4.69, 9.17) is 11.6 Å². The highest BCUT2D eigenvalue weighted by molar-refractivity contribution is 6.33. The van der Waals surface area contributed by atoms with Crippen molar-refractivity contribution in [1.82, 2.24) is 0 Å². The highest BCUT2D eigenvalue weighted by atomic mass is 35.5. The Balaban J connectivity index is 2.12. The molecule has 1 heterocycles. The van der Waals surface area contributed by atoms with Crippen molar-refractivity contribution in [3.8, 4) is 0 Å². The Kier molecular flexibility index (Phi) is 5.34. The molecule has 1 aromatic rings. The third-order valence-electron chi connectivity index (χ3n) is 4.51. The highest BCUT2D eigenvalue weighted by Gasteiger charge is 2.21. The van der Waals surface area contributed by atoms with Gasteiger partial charge in [-0.3, -0.25) is 0 Å². The Labute approximate surface area is 127 Å². The molecule has 0 radical (unpaired) electrons. The molecule has 1 aliphatic rings. The number of halogens is 1. The number of aliphatic hydroxyl groups is 1. The molecule has 2 unspecified atom stereocenters. The zero-order valence-electron chi connectivity index (χ0n) is 12.8. The van der Waals surface area contributed by atoms with Gasteiger partial charge >= 0.3 is 0 Å². The number of nitrogens with zero attached hydrogens (tertiary/aromatic N) is 1. The number of hydrogen-bond donors (Lipinski definition) is 1. The third-order valence-corrected chi connectivity index (χ3v) is 4.81. The second-order valence-corrected chi connectivity index (χ2v) is 6.72. The van der Waals surface area contributed by atoms with Crippen molar-refractivity contribution in [1.29, 1.82) is 0 Å². The minimum atomic E-state index is -0.462. The molecule has 1 N–H and O–H groups in total. The van der Waals surface area contributed by atoms with E-state index in [0.717, 1.165) is 41.2 Å². The molecular weight excluding hydrogens is 270 g/mol. The fraction of sp³-hybridized carbons (Fsp3) is 0.647. The topological polar surface area (TPSA) is 23.5 Å². The molecule has 2 rings (SSSR count). The SMILES string of the molecule is CC(O)c1ccc(N2CCCC(C(C)C)CC2)c(Cl)c1. The van der Waals surface area contributed by atoms with Gasteiger partial charge in [-0.2, -0.15) is 0 Å². The largest absolute Gasteiger partial charge is 0.389 e. The summed E-state index contributed by atoms with van der Waals surface area (Å²) in [6.45, 7) is 8.58. The first kappa shape index (κ1) is 15.7. The summed E-state index contributed by atoms with van der Waals surface area (Å²) in [5.41, 5.74) is 1.99. The lowest BCUT2D eigenvalue weighted by molar-refractivity contribution is 0.199. The van der Waals surface area contributed by atoms with Gasteiger partial charge in [0.25, 0.3) is 0 Å². The van der Waals surface area contributed by atoms with E-state index in [1.54, 1.807) is 6.92 Å². The first-order valence-corrected chi connectivity index (χ1v) is 8.09. The predicted molar refractivity (Wildman–Crippen MR) is 86.5 cm³/mol. The number of rotatable bonds is 3. The molecule has 0 aromatic heterocycles. The lowest BCUT2D eigenvalue weighted by Gasteiger charge is -2.25. The van der Waals surface area contributed by atoms with Crippen molar-refractivity contribution < 1.29 is 5.11 Å². The van der Waals surface area contributed by atoms with Gasteiger partial charge in [0.05, 0.1) is 16.8 Å². The lowest BCUT2D eigenvalue weighted by atomic mass is 9.89. The molecule has 1 saturated heterocycles. The van der Waals surface area contributed by atoms with Crippen molar-refractivity contribution in [2.45, 2.75) is 46.1 Å². The van der Waals surface area contributed by atoms with Crippen molar-refractivity contribution in [3.63, 3.8) is 0 Å². The van der Waals surface area contributed by atoms with Gasteiger partial charge in [-0.25, -0.2) is 0 Å². The van der Waals surface area contributed by atoms with Crippen molar-refractivity contribution in [3.05, 3.63) is 28.8 Å². The maximum absolute atomic E-state index is 9.62. The Morgan fingerprint density at radius 3 is 2.55 bits per heavy atom. The first-order chi connectivity index (χ1) is 9.49. The maximum atomic E-state index is 9.62. The number of aliphatic hydroxyl groups excluding tert-OH is 1. The van der Waals surface area contributed by atoms with Crippen molar-refractivity contribution >= 4 is 17.3 Å². The average molecular weight is 296 g/mol. The van der Waals surface area contributed by atoms with Crippen LogP contribution in [0.5, 0.6) is 0 Å². The van der Waals surface area contributed by atoms with E-state index in [0.29, 0.717) is 0 Å². The molecule has 3 heteroatoms. The summed E-state index contributed by atoms with van der Waals surface area (Å²) in [5, 5.41) is 10.4. The minimum absolute atomic E-state index is 0.462. The fourth-order valence-corrected chi connectivity index (χ4v) is 3.38. The van der Waals surface area contributed by atoms with E-state index in [2.05, 4.69) is 24.8 Å². The number of anilines is 1. The summed E-state index contributed by atoms with van der Waals surface area (Å²) in [4.78, 5) is 2.40. The van der Waals surface area contributed by atoms with Crippen LogP contribution in [0.3, 0.4) is 0 Å². The molecule has 0 aliphatic carbocycles. The summed E-state index contributed by atoms with van der Waals surface area (Å²) in [6.07, 6.45) is 3.33. The van der Waals surface area contributed by atoms with E-state index < -0.39 is 6.10 Å². The summed E-state index contributed by atoms with van der Waals surface area (Å²) in [6, 6.07) is 5.93. The first-order valence-electron chi connectivity index (χ1n) is 7.71. The molecule has 20 heavy (non-hydrogen) atoms. The van der Waals surface area contributed by atoms with Gasteiger partial charge < -0.3 is 10.0 Å². The van der Waals surface area contributed by atoms with Gasteiger partial charge in [-0.1, -0.05) is 31.5 Å². The molecule has 112 valence electrons. The standard InChI is InChI=1S/C17H26ClNO/c1-12(2)14-5-4-9-19(10-8-14)17-7-6-15(13(3)20)11-16(17)18/h6-7,11-14,20H,4-5,8-10H2,1-3H3. The van der Waals surface area contributed by atoms with Gasteiger partial charge in [0, 0.05) is 13.1 Å². The van der Waals surface area contributed by atoms with Gasteiger partial charge in [0.2, 0.25) is 0 Å². The van der Waals surface area contributed by atoms with Gasteiger partial charge in [0.1, 0.15) is 0 Å². The second-order valence-electron chi connectivity index (χ2n) is 6.31. The van der Waals surface area contributed by atoms with Crippen LogP contribution in [0.25, 0.3) is 0 Å². The van der Waals surface area contributed by atoms with Crippen LogP contribution in [0.4, 0.5) is 5.69 Å². The summed E-state index contributed by atoms with van der Waals surface area (Å²) < 4.78 is 0. The average Bonchev–Trinajstić information content (AvgIpc) is 2.64. The van der Waals surface area contributed by atoms with Gasteiger partial charge in [0.15, 0.2) is 0 Å². The zero-order chi connectivity index (χ0) is 14.7. The van der Waals surface area contributed by atoms with E-state index >= 15 is 0 Å². The van der Waals surface area contributed by atoms with Crippen LogP contribution < -0.4 is 4.90 Å². The Morgan fingerprint density at radius 2 is 1.95 bits per heavy atom. The predicted octanol–water partition coefficient (Wildman–Crippen LogP) is 4.66. The molecule has 1 aliphatic heterocycles. The Hall–Kier alpha value is -0.730. The minimum Gasteiger partial charge on any atom is -0.389 e. The van der Waals surface area contributed by atoms with E-state index in [1.165, 1.54) is 19.3 Å².